The molecule has 0 bridgehead atoms. The number of aryl methyl sites for hydroxylation is 1. The van der Waals surface area contributed by atoms with Crippen LogP contribution in [0.2, 0.25) is 0 Å². The first-order chi connectivity index (χ1) is 16.5. The van der Waals surface area contributed by atoms with Gasteiger partial charge in [-0.1, -0.05) is 48.0 Å². The summed E-state index contributed by atoms with van der Waals surface area (Å²) in [5.74, 6) is 0.562. The Morgan fingerprint density at radius 2 is 1.97 bits per heavy atom. The molecule has 0 radical (unpaired) electrons. The summed E-state index contributed by atoms with van der Waals surface area (Å²) in [6.45, 7) is 4.60. The third kappa shape index (κ3) is 5.59. The van der Waals surface area contributed by atoms with Gasteiger partial charge in [0.25, 0.3) is 0 Å². The van der Waals surface area contributed by atoms with E-state index in [1.807, 2.05) is 73.3 Å². The van der Waals surface area contributed by atoms with Crippen LogP contribution >= 0.6 is 0 Å². The Kier molecular flexibility index (Phi) is 7.18. The van der Waals surface area contributed by atoms with Crippen molar-refractivity contribution in [3.63, 3.8) is 0 Å². The molecule has 1 N–H and O–H groups in total. The summed E-state index contributed by atoms with van der Waals surface area (Å²) in [5.41, 5.74) is 5.72. The molecule has 0 aliphatic heterocycles. The number of nitrogens with zero attached hydrogens (tertiary/aromatic N) is 3. The Morgan fingerprint density at radius 3 is 2.71 bits per heavy atom. The zero-order chi connectivity index (χ0) is 23.9. The van der Waals surface area contributed by atoms with Gasteiger partial charge in [0.2, 0.25) is 5.91 Å². The first-order valence-electron chi connectivity index (χ1n) is 11.2. The summed E-state index contributed by atoms with van der Waals surface area (Å²) in [5, 5.41) is 7.80. The average Bonchev–Trinajstić information content (AvgIpc) is 3.26. The first kappa shape index (κ1) is 23.0. The number of nitrogens with one attached hydrogen (secondary N) is 1. The van der Waals surface area contributed by atoms with Crippen LogP contribution in [0.15, 0.2) is 85.3 Å². The summed E-state index contributed by atoms with van der Waals surface area (Å²) in [7, 11) is 1.63. The maximum Gasteiger partial charge on any atom is 0.244 e. The van der Waals surface area contributed by atoms with Gasteiger partial charge in [-0.3, -0.25) is 14.5 Å². The fourth-order valence-electron chi connectivity index (χ4n) is 3.83. The van der Waals surface area contributed by atoms with Crippen molar-refractivity contribution >= 4 is 12.0 Å². The molecule has 1 atom stereocenters. The van der Waals surface area contributed by atoms with Gasteiger partial charge < -0.3 is 10.1 Å². The Labute approximate surface area is 199 Å². The lowest BCUT2D eigenvalue weighted by atomic mass is 10.0. The van der Waals surface area contributed by atoms with Crippen molar-refractivity contribution in [2.45, 2.75) is 26.4 Å². The first-order valence-corrected chi connectivity index (χ1v) is 11.2. The SMILES string of the molecule is COc1ccc(C)cc1C(C)NC(=O)/C=C/c1cn(Cc2ccccc2)nc1-c1cccnc1. The van der Waals surface area contributed by atoms with E-state index in [1.165, 1.54) is 0 Å². The lowest BCUT2D eigenvalue weighted by Gasteiger charge is -2.17. The second-order valence-corrected chi connectivity index (χ2v) is 8.17. The summed E-state index contributed by atoms with van der Waals surface area (Å²) in [6.07, 6.45) is 8.80. The van der Waals surface area contributed by atoms with Crippen LogP contribution in [0, 0.1) is 6.92 Å². The molecule has 0 aliphatic carbocycles. The fraction of sp³-hybridized carbons (Fsp3) is 0.179. The highest BCUT2D eigenvalue weighted by Gasteiger charge is 2.14. The zero-order valence-corrected chi connectivity index (χ0v) is 19.6. The van der Waals surface area contributed by atoms with Gasteiger partial charge >= 0.3 is 0 Å². The number of carbonyl (C=O) groups excluding carboxylic acids is 1. The molecule has 0 saturated heterocycles. The van der Waals surface area contributed by atoms with E-state index in [9.17, 15) is 4.79 Å². The molecule has 1 unspecified atom stereocenters. The molecule has 0 aliphatic rings. The van der Waals surface area contributed by atoms with Crippen molar-refractivity contribution in [1.29, 1.82) is 0 Å². The summed E-state index contributed by atoms with van der Waals surface area (Å²) >= 11 is 0. The molecule has 4 aromatic rings. The monoisotopic (exact) mass is 452 g/mol. The molecule has 0 spiro atoms. The standard InChI is InChI=1S/C28H28N4O2/c1-20-11-13-26(34-3)25(16-20)21(2)30-27(33)14-12-24-19-32(18-22-8-5-4-6-9-22)31-28(24)23-10-7-15-29-17-23/h4-17,19,21H,18H2,1-3H3,(H,30,33)/b14-12+. The summed E-state index contributed by atoms with van der Waals surface area (Å²) in [6, 6.07) is 19.7. The highest BCUT2D eigenvalue weighted by Crippen LogP contribution is 2.26. The predicted octanol–water partition coefficient (Wildman–Crippen LogP) is 5.20. The number of hydrogen-bond acceptors (Lipinski definition) is 4. The number of carbonyl (C=O) groups is 1. The molecule has 1 amide bonds. The van der Waals surface area contributed by atoms with Crippen molar-refractivity contribution < 1.29 is 9.53 Å². The topological polar surface area (TPSA) is 69.0 Å². The second kappa shape index (κ2) is 10.6. The van der Waals surface area contributed by atoms with Crippen LogP contribution in [0.25, 0.3) is 17.3 Å². The maximum atomic E-state index is 12.8. The van der Waals surface area contributed by atoms with Gasteiger partial charge in [0.15, 0.2) is 0 Å². The third-order valence-corrected chi connectivity index (χ3v) is 5.54. The minimum Gasteiger partial charge on any atom is -0.496 e. The maximum absolute atomic E-state index is 12.8. The summed E-state index contributed by atoms with van der Waals surface area (Å²) < 4.78 is 7.35. The smallest absolute Gasteiger partial charge is 0.244 e. The van der Waals surface area contributed by atoms with E-state index >= 15 is 0 Å². The van der Waals surface area contributed by atoms with E-state index in [0.29, 0.717) is 6.54 Å². The predicted molar refractivity (Wildman–Crippen MR) is 134 cm³/mol. The number of aromatic nitrogens is 3. The average molecular weight is 453 g/mol. The zero-order valence-electron chi connectivity index (χ0n) is 19.6. The van der Waals surface area contributed by atoms with Crippen molar-refractivity contribution in [3.05, 3.63) is 108 Å². The van der Waals surface area contributed by atoms with Gasteiger partial charge in [-0.2, -0.15) is 5.10 Å². The van der Waals surface area contributed by atoms with E-state index in [4.69, 9.17) is 9.84 Å². The van der Waals surface area contributed by atoms with Crippen LogP contribution in [0.3, 0.4) is 0 Å². The van der Waals surface area contributed by atoms with Gasteiger partial charge in [-0.05, 0) is 43.7 Å². The Hall–Kier alpha value is -4.19. The molecule has 6 nitrogen and oxygen atoms in total. The number of hydrogen-bond donors (Lipinski definition) is 1. The van der Waals surface area contributed by atoms with Crippen LogP contribution in [0.5, 0.6) is 5.75 Å². The van der Waals surface area contributed by atoms with Crippen molar-refractivity contribution in [2.24, 2.45) is 0 Å². The van der Waals surface area contributed by atoms with Gasteiger partial charge in [0, 0.05) is 41.4 Å². The highest BCUT2D eigenvalue weighted by molar-refractivity contribution is 5.93. The van der Waals surface area contributed by atoms with Gasteiger partial charge in [-0.25, -0.2) is 0 Å². The molecule has 2 aromatic heterocycles. The Morgan fingerprint density at radius 1 is 1.15 bits per heavy atom. The van der Waals surface area contributed by atoms with E-state index < -0.39 is 0 Å². The molecule has 0 saturated carbocycles. The Bertz CT molecular complexity index is 1280. The van der Waals surface area contributed by atoms with E-state index in [-0.39, 0.29) is 11.9 Å². The highest BCUT2D eigenvalue weighted by atomic mass is 16.5. The molecule has 2 heterocycles. The molecule has 172 valence electrons. The molecule has 34 heavy (non-hydrogen) atoms. The minimum absolute atomic E-state index is 0.191. The molecular formula is C28H28N4O2. The third-order valence-electron chi connectivity index (χ3n) is 5.54. The molecule has 0 fully saturated rings. The number of rotatable bonds is 8. The van der Waals surface area contributed by atoms with Gasteiger partial charge in [-0.15, -0.1) is 0 Å². The van der Waals surface area contributed by atoms with Crippen LogP contribution in [0.4, 0.5) is 0 Å². The number of pyridine rings is 1. The number of ether oxygens (including phenoxy) is 1. The molecular weight excluding hydrogens is 424 g/mol. The molecule has 6 heteroatoms. The lowest BCUT2D eigenvalue weighted by molar-refractivity contribution is -0.117. The van der Waals surface area contributed by atoms with Crippen LogP contribution in [-0.4, -0.2) is 27.8 Å². The van der Waals surface area contributed by atoms with Crippen molar-refractivity contribution in [1.82, 2.24) is 20.1 Å². The quantitative estimate of drug-likeness (QED) is 0.373. The van der Waals surface area contributed by atoms with Gasteiger partial charge in [0.05, 0.1) is 19.7 Å². The van der Waals surface area contributed by atoms with Gasteiger partial charge in [0.1, 0.15) is 11.4 Å². The van der Waals surface area contributed by atoms with Crippen molar-refractivity contribution in [2.75, 3.05) is 7.11 Å². The lowest BCUT2D eigenvalue weighted by Crippen LogP contribution is -2.25. The summed E-state index contributed by atoms with van der Waals surface area (Å²) in [4.78, 5) is 17.0. The molecule has 2 aromatic carbocycles. The largest absolute Gasteiger partial charge is 0.496 e. The molecule has 4 rings (SSSR count). The van der Waals surface area contributed by atoms with E-state index in [0.717, 1.165) is 39.3 Å². The fourth-order valence-corrected chi connectivity index (χ4v) is 3.83. The van der Waals surface area contributed by atoms with Crippen LogP contribution in [-0.2, 0) is 11.3 Å². The van der Waals surface area contributed by atoms with Crippen LogP contribution in [0.1, 0.15) is 35.2 Å². The number of amides is 1. The van der Waals surface area contributed by atoms with E-state index in [2.05, 4.69) is 22.4 Å². The normalized spacial score (nSPS) is 12.0. The minimum atomic E-state index is -0.203. The second-order valence-electron chi connectivity index (χ2n) is 8.17. The van der Waals surface area contributed by atoms with Crippen LogP contribution < -0.4 is 10.1 Å². The Balaban J connectivity index is 1.55. The number of benzene rings is 2. The van der Waals surface area contributed by atoms with E-state index in [1.54, 1.807) is 31.7 Å². The van der Waals surface area contributed by atoms with Crippen molar-refractivity contribution in [3.8, 4) is 17.0 Å². The number of methoxy groups -OCH3 is 1.